The highest BCUT2D eigenvalue weighted by molar-refractivity contribution is 7.15. The van der Waals surface area contributed by atoms with Crippen molar-refractivity contribution in [3.63, 3.8) is 0 Å². The molecule has 0 saturated carbocycles. The van der Waals surface area contributed by atoms with E-state index in [1.807, 2.05) is 37.3 Å². The molecule has 0 radical (unpaired) electrons. The maximum absolute atomic E-state index is 12.6. The van der Waals surface area contributed by atoms with Gasteiger partial charge in [0.15, 0.2) is 24.7 Å². The quantitative estimate of drug-likeness (QED) is 0.399. The summed E-state index contributed by atoms with van der Waals surface area (Å²) in [5.41, 5.74) is 1.73. The number of hydrogen-bond donors (Lipinski definition) is 1. The third-order valence-electron chi connectivity index (χ3n) is 4.47. The number of carbonyl (C=O) groups is 3. The number of anilines is 1. The van der Waals surface area contributed by atoms with Gasteiger partial charge in [-0.1, -0.05) is 42.5 Å². The van der Waals surface area contributed by atoms with E-state index in [0.717, 1.165) is 5.56 Å². The smallest absolute Gasteiger partial charge is 0.344 e. The highest BCUT2D eigenvalue weighted by Crippen LogP contribution is 2.36. The predicted octanol–water partition coefficient (Wildman–Crippen LogP) is 4.55. The van der Waals surface area contributed by atoms with Crippen LogP contribution in [0.5, 0.6) is 11.5 Å². The number of thiophene rings is 1. The third-order valence-corrected chi connectivity index (χ3v) is 5.36. The molecule has 0 spiro atoms. The molecular weight excluding hydrogens is 458 g/mol. The zero-order valence-corrected chi connectivity index (χ0v) is 19.7. The molecule has 34 heavy (non-hydrogen) atoms. The zero-order valence-electron chi connectivity index (χ0n) is 18.9. The van der Waals surface area contributed by atoms with Crippen LogP contribution in [0.2, 0.25) is 0 Å². The first kappa shape index (κ1) is 24.8. The summed E-state index contributed by atoms with van der Waals surface area (Å²) in [7, 11) is 0. The lowest BCUT2D eigenvalue weighted by atomic mass is 10.0. The van der Waals surface area contributed by atoms with Gasteiger partial charge in [0.2, 0.25) is 0 Å². The summed E-state index contributed by atoms with van der Waals surface area (Å²) < 4.78 is 21.1. The van der Waals surface area contributed by atoms with E-state index in [4.69, 9.17) is 18.9 Å². The standard InChI is InChI=1S/C25H25NO7S/c1-3-30-19-12-8-9-13-20(19)32-15-22(28)33-14-21(27)26-24-23(25(29)31-4-2)18(16-34-24)17-10-6-5-7-11-17/h5-13,16H,3-4,14-15H2,1-2H3,(H,26,27). The SMILES string of the molecule is CCOC(=O)c1c(-c2ccccc2)csc1NC(=O)COC(=O)COc1ccccc1OCC. The number of rotatable bonds is 11. The van der Waals surface area contributed by atoms with Gasteiger partial charge >= 0.3 is 11.9 Å². The van der Waals surface area contributed by atoms with Crippen LogP contribution in [0.4, 0.5) is 5.00 Å². The first-order chi connectivity index (χ1) is 16.5. The second-order valence-electron chi connectivity index (χ2n) is 6.82. The third kappa shape index (κ3) is 6.58. The minimum Gasteiger partial charge on any atom is -0.490 e. The summed E-state index contributed by atoms with van der Waals surface area (Å²) in [6, 6.07) is 16.2. The lowest BCUT2D eigenvalue weighted by Gasteiger charge is -2.11. The van der Waals surface area contributed by atoms with Crippen LogP contribution in [0.3, 0.4) is 0 Å². The fourth-order valence-corrected chi connectivity index (χ4v) is 3.99. The summed E-state index contributed by atoms with van der Waals surface area (Å²) in [6.45, 7) is 3.28. The molecule has 8 nitrogen and oxygen atoms in total. The predicted molar refractivity (Wildman–Crippen MR) is 128 cm³/mol. The highest BCUT2D eigenvalue weighted by Gasteiger charge is 2.23. The van der Waals surface area contributed by atoms with Crippen molar-refractivity contribution in [1.29, 1.82) is 0 Å². The second-order valence-corrected chi connectivity index (χ2v) is 7.70. The van der Waals surface area contributed by atoms with Gasteiger partial charge in [-0.15, -0.1) is 11.3 Å². The molecule has 0 atom stereocenters. The normalized spacial score (nSPS) is 10.3. The van der Waals surface area contributed by atoms with Gasteiger partial charge in [-0.3, -0.25) is 4.79 Å². The molecule has 178 valence electrons. The van der Waals surface area contributed by atoms with Crippen LogP contribution >= 0.6 is 11.3 Å². The number of carbonyl (C=O) groups excluding carboxylic acids is 3. The van der Waals surface area contributed by atoms with Crippen molar-refractivity contribution in [2.24, 2.45) is 0 Å². The van der Waals surface area contributed by atoms with Gasteiger partial charge in [0, 0.05) is 10.9 Å². The van der Waals surface area contributed by atoms with Crippen molar-refractivity contribution in [2.75, 3.05) is 31.7 Å². The summed E-state index contributed by atoms with van der Waals surface area (Å²) in [4.78, 5) is 37.0. The van der Waals surface area contributed by atoms with Crippen LogP contribution in [-0.4, -0.2) is 44.3 Å². The van der Waals surface area contributed by atoms with E-state index in [9.17, 15) is 14.4 Å². The van der Waals surface area contributed by atoms with E-state index >= 15 is 0 Å². The Labute approximate surface area is 201 Å². The molecular formula is C25H25NO7S. The van der Waals surface area contributed by atoms with Crippen molar-refractivity contribution in [1.82, 2.24) is 0 Å². The Kier molecular flexibility index (Phi) is 9.04. The molecule has 0 aliphatic heterocycles. The van der Waals surface area contributed by atoms with Gasteiger partial charge in [0.1, 0.15) is 10.6 Å². The minimum absolute atomic E-state index is 0.195. The molecule has 1 amide bonds. The van der Waals surface area contributed by atoms with Crippen molar-refractivity contribution < 1.29 is 33.3 Å². The molecule has 0 fully saturated rings. The van der Waals surface area contributed by atoms with E-state index in [1.165, 1.54) is 11.3 Å². The minimum atomic E-state index is -0.719. The average Bonchev–Trinajstić information content (AvgIpc) is 3.26. The van der Waals surface area contributed by atoms with Gasteiger partial charge < -0.3 is 24.3 Å². The summed E-state index contributed by atoms with van der Waals surface area (Å²) >= 11 is 1.19. The molecule has 1 N–H and O–H groups in total. The molecule has 0 aliphatic rings. The molecule has 9 heteroatoms. The summed E-state index contributed by atoms with van der Waals surface area (Å²) in [5.74, 6) is -0.944. The Bertz CT molecular complexity index is 1130. The van der Waals surface area contributed by atoms with E-state index in [1.54, 1.807) is 36.6 Å². The van der Waals surface area contributed by atoms with Crippen LogP contribution in [0.25, 0.3) is 11.1 Å². The topological polar surface area (TPSA) is 100 Å². The number of nitrogens with one attached hydrogen (secondary N) is 1. The maximum atomic E-state index is 12.6. The number of hydrogen-bond acceptors (Lipinski definition) is 8. The van der Waals surface area contributed by atoms with E-state index in [0.29, 0.717) is 28.7 Å². The highest BCUT2D eigenvalue weighted by atomic mass is 32.1. The Morgan fingerprint density at radius 2 is 1.50 bits per heavy atom. The molecule has 3 aromatic rings. The molecule has 1 aromatic heterocycles. The zero-order chi connectivity index (χ0) is 24.3. The summed E-state index contributed by atoms with van der Waals surface area (Å²) in [5, 5.41) is 4.73. The fourth-order valence-electron chi connectivity index (χ4n) is 3.02. The summed E-state index contributed by atoms with van der Waals surface area (Å²) in [6.07, 6.45) is 0. The lowest BCUT2D eigenvalue weighted by molar-refractivity contribution is -0.149. The Hall–Kier alpha value is -3.85. The monoisotopic (exact) mass is 483 g/mol. The van der Waals surface area contributed by atoms with E-state index < -0.39 is 24.5 Å². The first-order valence-electron chi connectivity index (χ1n) is 10.7. The Morgan fingerprint density at radius 1 is 0.824 bits per heavy atom. The largest absolute Gasteiger partial charge is 0.490 e. The van der Waals surface area contributed by atoms with Crippen LogP contribution in [0.1, 0.15) is 24.2 Å². The van der Waals surface area contributed by atoms with Crippen LogP contribution in [-0.2, 0) is 19.1 Å². The average molecular weight is 484 g/mol. The van der Waals surface area contributed by atoms with Crippen molar-refractivity contribution in [2.45, 2.75) is 13.8 Å². The van der Waals surface area contributed by atoms with Gasteiger partial charge in [0.05, 0.1) is 13.2 Å². The van der Waals surface area contributed by atoms with Crippen molar-refractivity contribution in [3.05, 3.63) is 65.5 Å². The van der Waals surface area contributed by atoms with E-state index in [2.05, 4.69) is 5.32 Å². The number of amides is 1. The van der Waals surface area contributed by atoms with Crippen LogP contribution in [0, 0.1) is 0 Å². The molecule has 0 unspecified atom stereocenters. The molecule has 1 heterocycles. The van der Waals surface area contributed by atoms with Crippen LogP contribution in [0.15, 0.2) is 60.0 Å². The number of esters is 2. The molecule has 0 bridgehead atoms. The Morgan fingerprint density at radius 3 is 2.18 bits per heavy atom. The van der Waals surface area contributed by atoms with Gasteiger partial charge in [-0.25, -0.2) is 9.59 Å². The van der Waals surface area contributed by atoms with Crippen molar-refractivity contribution in [3.8, 4) is 22.6 Å². The van der Waals surface area contributed by atoms with Gasteiger partial charge in [-0.05, 0) is 31.5 Å². The number of ether oxygens (including phenoxy) is 4. The molecule has 2 aromatic carbocycles. The second kappa shape index (κ2) is 12.4. The number of benzene rings is 2. The van der Waals surface area contributed by atoms with E-state index in [-0.39, 0.29) is 18.8 Å². The Balaban J connectivity index is 1.60. The van der Waals surface area contributed by atoms with Crippen LogP contribution < -0.4 is 14.8 Å². The lowest BCUT2D eigenvalue weighted by Crippen LogP contribution is -2.24. The molecule has 0 saturated heterocycles. The van der Waals surface area contributed by atoms with Gasteiger partial charge in [-0.2, -0.15) is 0 Å². The molecule has 0 aliphatic carbocycles. The first-order valence-corrected chi connectivity index (χ1v) is 11.6. The van der Waals surface area contributed by atoms with Gasteiger partial charge in [0.25, 0.3) is 5.91 Å². The fraction of sp³-hybridized carbons (Fsp3) is 0.240. The molecule has 3 rings (SSSR count). The number of para-hydroxylation sites is 2. The maximum Gasteiger partial charge on any atom is 0.344 e. The van der Waals surface area contributed by atoms with Crippen molar-refractivity contribution >= 4 is 34.2 Å².